The molecule has 0 aromatic carbocycles. The fraction of sp³-hybridized carbons (Fsp3) is 0.524. The van der Waals surface area contributed by atoms with Crippen molar-refractivity contribution in [2.24, 2.45) is 5.92 Å². The Morgan fingerprint density at radius 2 is 1.62 bits per heavy atom. The van der Waals surface area contributed by atoms with Crippen LogP contribution in [0.3, 0.4) is 0 Å². The zero-order chi connectivity index (χ0) is 31.8. The van der Waals surface area contributed by atoms with Crippen molar-refractivity contribution in [3.63, 3.8) is 0 Å². The molecule has 24 heteroatoms. The van der Waals surface area contributed by atoms with E-state index in [1.807, 2.05) is 0 Å². The number of hydrogen-bond acceptors (Lipinski definition) is 17. The van der Waals surface area contributed by atoms with Gasteiger partial charge in [-0.1, -0.05) is 0 Å². The maximum Gasteiger partial charge on any atom is 0.472 e. The van der Waals surface area contributed by atoms with E-state index in [1.165, 1.54) is 28.0 Å². The molecule has 6 unspecified atom stereocenters. The van der Waals surface area contributed by atoms with E-state index >= 15 is 0 Å². The van der Waals surface area contributed by atoms with Crippen molar-refractivity contribution < 1.29 is 52.0 Å². The number of phosphoric ester groups is 2. The zero-order valence-electron chi connectivity index (χ0n) is 22.7. The number of aliphatic hydroxyl groups excluding tert-OH is 2. The molecule has 0 amide bonds. The second kappa shape index (κ2) is 10.9. The van der Waals surface area contributed by atoms with Crippen LogP contribution < -0.4 is 17.0 Å². The maximum absolute atomic E-state index is 13.2. The van der Waals surface area contributed by atoms with Crippen LogP contribution in [0.1, 0.15) is 18.7 Å². The average molecular weight is 672 g/mol. The standard InChI is InChI=1S/C21H26N10O12P2/c22-20-24-2-8-16(27-20)31(5-25-8)19-13(33)15-10(41-19)4-40-45(37,38)42-14-9(1-7(12(14)32)3-39-44(35,36)43-15)30-6-26-11-17(30)28-21(23)29-18(11)34/h2,5-7,9-10,12-15,19,32-33H,1,3-4H2,(H,35,36)(H,37,38)(H2,22,24,27)(H3,23,28,29,34)/t7-,9-,10-,12?,13?,14?,15?,19-/m1/s1. The largest absolute Gasteiger partial charge is 0.472 e. The number of anilines is 2. The lowest BCUT2D eigenvalue weighted by Crippen LogP contribution is -2.36. The third kappa shape index (κ3) is 5.42. The Labute approximate surface area is 250 Å². The molecule has 4 aromatic rings. The van der Waals surface area contributed by atoms with Crippen molar-refractivity contribution in [3.8, 4) is 0 Å². The van der Waals surface area contributed by atoms with Crippen LogP contribution in [0.15, 0.2) is 23.6 Å². The predicted octanol–water partition coefficient (Wildman–Crippen LogP) is -1.68. The minimum absolute atomic E-state index is 0.00383. The summed E-state index contributed by atoms with van der Waals surface area (Å²) in [4.78, 5) is 56.2. The Balaban J connectivity index is 1.21. The molecule has 2 bridgehead atoms. The molecule has 242 valence electrons. The van der Waals surface area contributed by atoms with Crippen LogP contribution in [0.4, 0.5) is 11.9 Å². The van der Waals surface area contributed by atoms with Crippen LogP contribution in [0, 0.1) is 5.92 Å². The Bertz CT molecular complexity index is 1940. The summed E-state index contributed by atoms with van der Waals surface area (Å²) in [6.07, 6.45) is -5.38. The first-order valence-electron chi connectivity index (χ1n) is 13.3. The van der Waals surface area contributed by atoms with Crippen molar-refractivity contribution in [1.82, 2.24) is 39.0 Å². The van der Waals surface area contributed by atoms with Gasteiger partial charge in [-0.25, -0.2) is 24.1 Å². The van der Waals surface area contributed by atoms with Gasteiger partial charge in [0.25, 0.3) is 5.56 Å². The molecule has 45 heavy (non-hydrogen) atoms. The summed E-state index contributed by atoms with van der Waals surface area (Å²) in [7, 11) is -10.0. The van der Waals surface area contributed by atoms with E-state index in [0.717, 1.165) is 0 Å². The highest BCUT2D eigenvalue weighted by atomic mass is 31.2. The van der Waals surface area contributed by atoms with Crippen molar-refractivity contribution in [2.45, 2.75) is 49.2 Å². The number of fused-ring (bicyclic) bond motifs is 5. The molecule has 9 N–H and O–H groups in total. The molecule has 1 aliphatic carbocycles. The summed E-state index contributed by atoms with van der Waals surface area (Å²) >= 11 is 0. The first kappa shape index (κ1) is 30.3. The molecule has 22 nitrogen and oxygen atoms in total. The Morgan fingerprint density at radius 3 is 2.40 bits per heavy atom. The highest BCUT2D eigenvalue weighted by Crippen LogP contribution is 2.55. The number of aromatic amines is 1. The molecule has 6 heterocycles. The van der Waals surface area contributed by atoms with Crippen LogP contribution in [-0.4, -0.2) is 103 Å². The third-order valence-electron chi connectivity index (χ3n) is 7.83. The van der Waals surface area contributed by atoms with Gasteiger partial charge < -0.3 is 40.8 Å². The van der Waals surface area contributed by atoms with Gasteiger partial charge in [0.05, 0.1) is 44.2 Å². The molecule has 2 saturated heterocycles. The summed E-state index contributed by atoms with van der Waals surface area (Å²) in [5.41, 5.74) is 11.1. The number of imidazole rings is 2. The molecule has 0 radical (unpaired) electrons. The molecule has 1 saturated carbocycles. The van der Waals surface area contributed by atoms with Crippen LogP contribution in [0.25, 0.3) is 22.3 Å². The maximum atomic E-state index is 13.2. The van der Waals surface area contributed by atoms with E-state index < -0.39 is 83.1 Å². The fourth-order valence-corrected chi connectivity index (χ4v) is 7.78. The van der Waals surface area contributed by atoms with E-state index in [9.17, 15) is 33.9 Å². The molecule has 0 spiro atoms. The number of H-pyrrole nitrogens is 1. The second-order valence-electron chi connectivity index (χ2n) is 10.6. The molecule has 4 aromatic heterocycles. The number of nitrogens with two attached hydrogens (primary N) is 2. The van der Waals surface area contributed by atoms with E-state index in [2.05, 4.69) is 29.9 Å². The van der Waals surface area contributed by atoms with Gasteiger partial charge >= 0.3 is 15.6 Å². The van der Waals surface area contributed by atoms with Gasteiger partial charge in [0, 0.05) is 5.92 Å². The smallest absolute Gasteiger partial charge is 0.390 e. The van der Waals surface area contributed by atoms with Gasteiger partial charge in [-0.05, 0) is 6.42 Å². The highest BCUT2D eigenvalue weighted by Gasteiger charge is 2.53. The number of ether oxygens (including phenoxy) is 1. The fourth-order valence-electron chi connectivity index (χ4n) is 5.80. The lowest BCUT2D eigenvalue weighted by Gasteiger charge is -2.26. The van der Waals surface area contributed by atoms with Crippen molar-refractivity contribution in [1.29, 1.82) is 0 Å². The Kier molecular flexibility index (Phi) is 7.30. The minimum atomic E-state index is -5.03. The van der Waals surface area contributed by atoms with Gasteiger partial charge in [0.15, 0.2) is 23.0 Å². The van der Waals surface area contributed by atoms with Crippen LogP contribution in [0.2, 0.25) is 0 Å². The number of nitrogens with one attached hydrogen (secondary N) is 1. The van der Waals surface area contributed by atoms with Crippen LogP contribution in [0.5, 0.6) is 0 Å². The third-order valence-corrected chi connectivity index (χ3v) is 9.80. The summed E-state index contributed by atoms with van der Waals surface area (Å²) in [5.74, 6) is -1.30. The number of aromatic nitrogens is 8. The van der Waals surface area contributed by atoms with E-state index in [0.29, 0.717) is 5.52 Å². The molecule has 7 rings (SSSR count). The first-order valence-corrected chi connectivity index (χ1v) is 16.3. The SMILES string of the molecule is Nc1ncc2ncn([C@@H]3O[C@@H]4COP(=O)(O)OC5C(O)[C@@H](COP(=O)(O)OC4C3O)C[C@H]5n3cnc4c(=O)[nH]c(N)nc43)c2n1. The minimum Gasteiger partial charge on any atom is -0.390 e. The molecule has 2 aliphatic heterocycles. The van der Waals surface area contributed by atoms with Gasteiger partial charge in [0.1, 0.15) is 29.9 Å². The summed E-state index contributed by atoms with van der Waals surface area (Å²) in [5, 5.41) is 22.3. The Hall–Kier alpha value is -3.40. The number of hydrogen-bond donors (Lipinski definition) is 7. The lowest BCUT2D eigenvalue weighted by atomic mass is 10.1. The number of rotatable bonds is 2. The van der Waals surface area contributed by atoms with Gasteiger partial charge in [-0.3, -0.25) is 32.4 Å². The lowest BCUT2D eigenvalue weighted by molar-refractivity contribution is -0.0552. The monoisotopic (exact) mass is 672 g/mol. The average Bonchev–Trinajstić information content (AvgIpc) is 3.72. The molecule has 3 aliphatic rings. The number of phosphoric acid groups is 2. The van der Waals surface area contributed by atoms with Crippen molar-refractivity contribution in [2.75, 3.05) is 24.7 Å². The summed E-state index contributed by atoms with van der Waals surface area (Å²) < 4.78 is 56.0. The quantitative estimate of drug-likeness (QED) is 0.117. The van der Waals surface area contributed by atoms with E-state index in [4.69, 9.17) is 34.3 Å². The number of nitrogens with zero attached hydrogens (tertiary/aromatic N) is 7. The highest BCUT2D eigenvalue weighted by molar-refractivity contribution is 7.47. The molecule has 3 fully saturated rings. The normalized spacial score (nSPS) is 37.7. The topological polar surface area (TPSA) is 320 Å². The zero-order valence-corrected chi connectivity index (χ0v) is 24.5. The molecular formula is C21H26N10O12P2. The van der Waals surface area contributed by atoms with Gasteiger partial charge in [-0.2, -0.15) is 9.97 Å². The second-order valence-corrected chi connectivity index (χ2v) is 13.5. The number of aliphatic hydroxyl groups is 2. The first-order chi connectivity index (χ1) is 21.3. The van der Waals surface area contributed by atoms with E-state index in [-0.39, 0.29) is 35.1 Å². The van der Waals surface area contributed by atoms with Crippen LogP contribution >= 0.6 is 15.6 Å². The Morgan fingerprint density at radius 1 is 0.911 bits per heavy atom. The van der Waals surface area contributed by atoms with Crippen LogP contribution in [-0.2, 0) is 32.0 Å². The summed E-state index contributed by atoms with van der Waals surface area (Å²) in [6, 6.07) is -0.996. The van der Waals surface area contributed by atoms with Gasteiger partial charge in [-0.15, -0.1) is 0 Å². The molecular weight excluding hydrogens is 646 g/mol. The molecule has 10 atom stereocenters. The van der Waals surface area contributed by atoms with E-state index in [1.54, 1.807) is 0 Å². The summed E-state index contributed by atoms with van der Waals surface area (Å²) in [6.45, 7) is -1.39. The van der Waals surface area contributed by atoms with Crippen molar-refractivity contribution in [3.05, 3.63) is 29.2 Å². The number of nitrogen functional groups attached to an aromatic ring is 2. The van der Waals surface area contributed by atoms with Gasteiger partial charge in [0.2, 0.25) is 11.9 Å². The predicted molar refractivity (Wildman–Crippen MR) is 147 cm³/mol. The van der Waals surface area contributed by atoms with Crippen molar-refractivity contribution >= 4 is 49.9 Å².